The lowest BCUT2D eigenvalue weighted by molar-refractivity contribution is -0.139. The van der Waals surface area contributed by atoms with E-state index in [4.69, 9.17) is 26.8 Å². The Morgan fingerprint density at radius 1 is 1.45 bits per heavy atom. The van der Waals surface area contributed by atoms with Gasteiger partial charge in [0.25, 0.3) is 0 Å². The van der Waals surface area contributed by atoms with E-state index in [9.17, 15) is 9.18 Å². The Morgan fingerprint density at radius 2 is 2.28 bits per heavy atom. The number of hydrogen-bond acceptors (Lipinski definition) is 6. The highest BCUT2D eigenvalue weighted by atomic mass is 35.5. The number of amides is 1. The molecule has 152 valence electrons. The lowest BCUT2D eigenvalue weighted by atomic mass is 9.75. The number of nitrogens with zero attached hydrogens (tertiary/aromatic N) is 3. The van der Waals surface area contributed by atoms with Gasteiger partial charge >= 0.3 is 0 Å². The van der Waals surface area contributed by atoms with Crippen molar-refractivity contribution < 1.29 is 18.7 Å². The highest BCUT2D eigenvalue weighted by Gasteiger charge is 2.50. The molecule has 1 amide bonds. The summed E-state index contributed by atoms with van der Waals surface area (Å²) in [6.45, 7) is 0.642. The van der Waals surface area contributed by atoms with Gasteiger partial charge in [0.2, 0.25) is 5.91 Å². The second-order valence-electron chi connectivity index (χ2n) is 7.20. The number of carbonyl (C=O) groups is 1. The molecule has 4 rings (SSSR count). The molecule has 2 aliphatic heterocycles. The van der Waals surface area contributed by atoms with Crippen LogP contribution in [0.15, 0.2) is 41.7 Å². The normalized spacial score (nSPS) is 24.1. The van der Waals surface area contributed by atoms with Crippen molar-refractivity contribution in [1.82, 2.24) is 9.88 Å². The van der Waals surface area contributed by atoms with Crippen molar-refractivity contribution in [1.29, 1.82) is 0 Å². The van der Waals surface area contributed by atoms with Crippen LogP contribution in [0.25, 0.3) is 0 Å². The molecule has 2 atom stereocenters. The number of guanidine groups is 1. The summed E-state index contributed by atoms with van der Waals surface area (Å²) < 4.78 is 26.0. The first kappa shape index (κ1) is 19.6. The molecular weight excluding hydrogens is 399 g/mol. The maximum Gasteiger partial charge on any atom is 0.234 e. The van der Waals surface area contributed by atoms with E-state index < -0.39 is 17.3 Å². The summed E-state index contributed by atoms with van der Waals surface area (Å²) in [5, 5.41) is 0.392. The smallest absolute Gasteiger partial charge is 0.234 e. The number of hydrogen-bond donors (Lipinski definition) is 1. The first-order chi connectivity index (χ1) is 13.9. The molecule has 1 saturated heterocycles. The largest absolute Gasteiger partial charge is 0.454 e. The zero-order valence-electron chi connectivity index (χ0n) is 15.8. The van der Waals surface area contributed by atoms with Crippen molar-refractivity contribution in [3.8, 4) is 11.5 Å². The maximum atomic E-state index is 14.7. The Labute approximate surface area is 172 Å². The summed E-state index contributed by atoms with van der Waals surface area (Å²) in [5.41, 5.74) is 5.37. The first-order valence-electron chi connectivity index (χ1n) is 9.16. The van der Waals surface area contributed by atoms with Crippen LogP contribution in [-0.4, -0.2) is 47.6 Å². The van der Waals surface area contributed by atoms with Gasteiger partial charge in [-0.3, -0.25) is 14.7 Å². The molecule has 0 radical (unpaired) electrons. The molecule has 0 saturated carbocycles. The van der Waals surface area contributed by atoms with Gasteiger partial charge in [0.15, 0.2) is 11.7 Å². The minimum absolute atomic E-state index is 0.103. The van der Waals surface area contributed by atoms with Gasteiger partial charge in [0, 0.05) is 26.3 Å². The van der Waals surface area contributed by atoms with Crippen molar-refractivity contribution in [3.05, 3.63) is 53.1 Å². The number of aromatic nitrogens is 1. The predicted octanol–water partition coefficient (Wildman–Crippen LogP) is 2.77. The van der Waals surface area contributed by atoms with E-state index >= 15 is 0 Å². The number of carbonyl (C=O) groups excluding carboxylic acids is 1. The number of rotatable bonds is 4. The molecule has 3 heterocycles. The Bertz CT molecular complexity index is 986. The van der Waals surface area contributed by atoms with Gasteiger partial charge in [-0.25, -0.2) is 9.38 Å². The number of fused-ring (bicyclic) bond motifs is 1. The van der Waals surface area contributed by atoms with E-state index in [0.717, 1.165) is 0 Å². The summed E-state index contributed by atoms with van der Waals surface area (Å²) in [6.07, 6.45) is 3.69. The predicted molar refractivity (Wildman–Crippen MR) is 105 cm³/mol. The van der Waals surface area contributed by atoms with Crippen molar-refractivity contribution in [3.63, 3.8) is 0 Å². The molecule has 2 unspecified atom stereocenters. The minimum atomic E-state index is -0.947. The van der Waals surface area contributed by atoms with E-state index in [1.807, 2.05) is 0 Å². The molecule has 29 heavy (non-hydrogen) atoms. The fraction of sp³-hybridized carbons (Fsp3) is 0.350. The van der Waals surface area contributed by atoms with E-state index in [2.05, 4.69) is 9.98 Å². The highest BCUT2D eigenvalue weighted by Crippen LogP contribution is 2.38. The van der Waals surface area contributed by atoms with Gasteiger partial charge in [-0.05, 0) is 36.2 Å². The van der Waals surface area contributed by atoms with Crippen molar-refractivity contribution >= 4 is 23.5 Å². The van der Waals surface area contributed by atoms with Crippen molar-refractivity contribution in [2.75, 3.05) is 20.3 Å². The van der Waals surface area contributed by atoms with Gasteiger partial charge in [-0.15, -0.1) is 0 Å². The van der Waals surface area contributed by atoms with E-state index in [1.54, 1.807) is 25.4 Å². The average Bonchev–Trinajstić information content (AvgIpc) is 2.70. The van der Waals surface area contributed by atoms with Gasteiger partial charge in [0.05, 0.1) is 23.7 Å². The van der Waals surface area contributed by atoms with Crippen LogP contribution in [0.4, 0.5) is 4.39 Å². The standard InChI is InChI=1S/C20H20ClFN4O3/c1-26-18(27)14-5-7-28-11-20(14,25-19(26)23)9-12-8-13(2-3-16(12)22)29-17-10-24-6-4-15(17)21/h2-4,6,8,10,14H,5,7,9,11H2,1H3,(H2,23,25). The number of ether oxygens (including phenoxy) is 2. The third-order valence-electron chi connectivity index (χ3n) is 5.34. The van der Waals surface area contributed by atoms with Crippen LogP contribution < -0.4 is 10.5 Å². The fourth-order valence-corrected chi connectivity index (χ4v) is 3.94. The van der Waals surface area contributed by atoms with Crippen LogP contribution in [0.1, 0.15) is 12.0 Å². The molecule has 1 aromatic carbocycles. The maximum absolute atomic E-state index is 14.7. The van der Waals surface area contributed by atoms with Crippen LogP contribution in [0.3, 0.4) is 0 Å². The molecule has 9 heteroatoms. The SMILES string of the molecule is CN1C(=O)C2CCOCC2(Cc2cc(Oc3cnccc3Cl)ccc2F)N=C1N. The molecule has 1 fully saturated rings. The van der Waals surface area contributed by atoms with Crippen LogP contribution in [0.5, 0.6) is 11.5 Å². The Morgan fingerprint density at radius 3 is 3.07 bits per heavy atom. The number of pyridine rings is 1. The van der Waals surface area contributed by atoms with Gasteiger partial charge in [-0.1, -0.05) is 11.6 Å². The van der Waals surface area contributed by atoms with Gasteiger partial charge < -0.3 is 15.2 Å². The summed E-state index contributed by atoms with van der Waals surface area (Å²) in [7, 11) is 1.59. The minimum Gasteiger partial charge on any atom is -0.454 e. The molecule has 0 aliphatic carbocycles. The molecule has 0 spiro atoms. The van der Waals surface area contributed by atoms with E-state index in [-0.39, 0.29) is 24.9 Å². The summed E-state index contributed by atoms with van der Waals surface area (Å²) in [4.78, 5) is 22.7. The second kappa shape index (κ2) is 7.61. The number of aliphatic imine (C=N–C) groups is 1. The van der Waals surface area contributed by atoms with Crippen molar-refractivity contribution in [2.45, 2.75) is 18.4 Å². The van der Waals surface area contributed by atoms with Crippen LogP contribution >= 0.6 is 11.6 Å². The molecule has 7 nitrogen and oxygen atoms in total. The van der Waals surface area contributed by atoms with Gasteiger partial charge in [0.1, 0.15) is 17.1 Å². The summed E-state index contributed by atoms with van der Waals surface area (Å²) >= 11 is 6.11. The van der Waals surface area contributed by atoms with Crippen LogP contribution in [0.2, 0.25) is 5.02 Å². The Hall–Kier alpha value is -2.71. The van der Waals surface area contributed by atoms with Crippen LogP contribution in [0, 0.1) is 11.7 Å². The highest BCUT2D eigenvalue weighted by molar-refractivity contribution is 6.32. The van der Waals surface area contributed by atoms with E-state index in [0.29, 0.717) is 35.1 Å². The molecular formula is C20H20ClFN4O3. The topological polar surface area (TPSA) is 90.0 Å². The monoisotopic (exact) mass is 418 g/mol. The van der Waals surface area contributed by atoms with Crippen molar-refractivity contribution in [2.24, 2.45) is 16.6 Å². The second-order valence-corrected chi connectivity index (χ2v) is 7.61. The third kappa shape index (κ3) is 3.65. The number of nitrogens with two attached hydrogens (primary N) is 1. The van der Waals surface area contributed by atoms with Crippen LogP contribution in [-0.2, 0) is 16.0 Å². The molecule has 2 N–H and O–H groups in total. The molecule has 1 aromatic heterocycles. The molecule has 2 aromatic rings. The van der Waals surface area contributed by atoms with E-state index in [1.165, 1.54) is 23.2 Å². The molecule has 0 bridgehead atoms. The zero-order chi connectivity index (χ0) is 20.6. The lowest BCUT2D eigenvalue weighted by Crippen LogP contribution is -2.60. The first-order valence-corrected chi connectivity index (χ1v) is 9.54. The quantitative estimate of drug-likeness (QED) is 0.824. The summed E-state index contributed by atoms with van der Waals surface area (Å²) in [5.74, 6) is -0.112. The third-order valence-corrected chi connectivity index (χ3v) is 5.65. The number of benzene rings is 1. The average molecular weight is 419 g/mol. The fourth-order valence-electron chi connectivity index (χ4n) is 3.79. The zero-order valence-corrected chi connectivity index (χ0v) is 16.5. The lowest BCUT2D eigenvalue weighted by Gasteiger charge is -2.45. The molecule has 2 aliphatic rings. The number of halogens is 2. The Kier molecular flexibility index (Phi) is 5.14. The summed E-state index contributed by atoms with van der Waals surface area (Å²) in [6, 6.07) is 6.00. The van der Waals surface area contributed by atoms with Gasteiger partial charge in [-0.2, -0.15) is 0 Å². The Balaban J connectivity index is 1.68.